The van der Waals surface area contributed by atoms with Crippen molar-refractivity contribution in [2.45, 2.75) is 25.7 Å². The molecule has 5 nitrogen and oxygen atoms in total. The number of Topliss-reactive ketones (excluding diaryl/α,β-unsaturated/α-hetero) is 2. The van der Waals surface area contributed by atoms with Crippen molar-refractivity contribution in [1.29, 1.82) is 5.26 Å². The van der Waals surface area contributed by atoms with E-state index < -0.39 is 32.7 Å². The SMILES string of the molecule is CC(C)(C)C(=O)C(C#N)C(=O)c1ccc(S(C)(=O)=O)cc1Cl. The summed E-state index contributed by atoms with van der Waals surface area (Å²) in [6, 6.07) is 5.29. The molecule has 118 valence electrons. The number of rotatable bonds is 4. The van der Waals surface area contributed by atoms with Crippen LogP contribution >= 0.6 is 11.6 Å². The molecule has 1 atom stereocenters. The summed E-state index contributed by atoms with van der Waals surface area (Å²) >= 11 is 5.94. The number of hydrogen-bond donors (Lipinski definition) is 0. The summed E-state index contributed by atoms with van der Waals surface area (Å²) in [6.45, 7) is 4.84. The lowest BCUT2D eigenvalue weighted by molar-refractivity contribution is -0.127. The van der Waals surface area contributed by atoms with Crippen molar-refractivity contribution >= 4 is 33.0 Å². The van der Waals surface area contributed by atoms with Gasteiger partial charge in [-0.3, -0.25) is 9.59 Å². The fourth-order valence-corrected chi connectivity index (χ4v) is 2.74. The maximum atomic E-state index is 12.4. The van der Waals surface area contributed by atoms with E-state index in [9.17, 15) is 18.0 Å². The zero-order chi connectivity index (χ0) is 17.3. The van der Waals surface area contributed by atoms with Crippen LogP contribution < -0.4 is 0 Å². The molecule has 0 amide bonds. The van der Waals surface area contributed by atoms with Crippen LogP contribution in [0.2, 0.25) is 5.02 Å². The van der Waals surface area contributed by atoms with Gasteiger partial charge in [-0.05, 0) is 18.2 Å². The van der Waals surface area contributed by atoms with Crippen LogP contribution in [-0.2, 0) is 14.6 Å². The molecule has 0 saturated heterocycles. The molecule has 0 aliphatic heterocycles. The van der Waals surface area contributed by atoms with Crippen molar-refractivity contribution in [3.8, 4) is 6.07 Å². The molecule has 22 heavy (non-hydrogen) atoms. The molecule has 1 unspecified atom stereocenters. The minimum atomic E-state index is -3.46. The van der Waals surface area contributed by atoms with E-state index in [4.69, 9.17) is 16.9 Å². The Hall–Kier alpha value is -1.71. The average molecular weight is 342 g/mol. The van der Waals surface area contributed by atoms with Crippen LogP contribution in [0.25, 0.3) is 0 Å². The Morgan fingerprint density at radius 1 is 1.27 bits per heavy atom. The summed E-state index contributed by atoms with van der Waals surface area (Å²) in [5.74, 6) is -2.71. The maximum Gasteiger partial charge on any atom is 0.189 e. The van der Waals surface area contributed by atoms with E-state index in [0.29, 0.717) is 0 Å². The molecule has 0 heterocycles. The van der Waals surface area contributed by atoms with Gasteiger partial charge in [-0.1, -0.05) is 32.4 Å². The fraction of sp³-hybridized carbons (Fsp3) is 0.400. The Kier molecular flexibility index (Phi) is 5.16. The second-order valence-electron chi connectivity index (χ2n) is 5.95. The van der Waals surface area contributed by atoms with Crippen molar-refractivity contribution in [2.75, 3.05) is 6.26 Å². The molecule has 0 aliphatic carbocycles. The summed E-state index contributed by atoms with van der Waals surface area (Å²) < 4.78 is 22.9. The smallest absolute Gasteiger partial charge is 0.189 e. The van der Waals surface area contributed by atoms with E-state index in [1.807, 2.05) is 0 Å². The van der Waals surface area contributed by atoms with E-state index in [0.717, 1.165) is 12.3 Å². The monoisotopic (exact) mass is 341 g/mol. The fourth-order valence-electron chi connectivity index (χ4n) is 1.75. The van der Waals surface area contributed by atoms with Crippen LogP contribution in [0.4, 0.5) is 0 Å². The van der Waals surface area contributed by atoms with Crippen LogP contribution in [-0.4, -0.2) is 26.2 Å². The highest BCUT2D eigenvalue weighted by atomic mass is 35.5. The number of sulfone groups is 1. The molecule has 7 heteroatoms. The summed E-state index contributed by atoms with van der Waals surface area (Å²) in [6.07, 6.45) is 1.02. The Balaban J connectivity index is 3.29. The third-order valence-electron chi connectivity index (χ3n) is 3.03. The normalized spacial score (nSPS) is 13.3. The lowest BCUT2D eigenvalue weighted by atomic mass is 9.80. The van der Waals surface area contributed by atoms with Crippen molar-refractivity contribution in [1.82, 2.24) is 0 Å². The van der Waals surface area contributed by atoms with E-state index in [1.54, 1.807) is 26.8 Å². The highest BCUT2D eigenvalue weighted by molar-refractivity contribution is 7.90. The van der Waals surface area contributed by atoms with Crippen LogP contribution in [0.1, 0.15) is 31.1 Å². The van der Waals surface area contributed by atoms with Gasteiger partial charge in [-0.25, -0.2) is 8.42 Å². The second-order valence-corrected chi connectivity index (χ2v) is 8.38. The van der Waals surface area contributed by atoms with Crippen molar-refractivity contribution in [2.24, 2.45) is 11.3 Å². The first kappa shape index (κ1) is 18.3. The molecule has 1 aromatic rings. The topological polar surface area (TPSA) is 92.1 Å². The number of hydrogen-bond acceptors (Lipinski definition) is 5. The van der Waals surface area contributed by atoms with Crippen molar-refractivity contribution in [3.63, 3.8) is 0 Å². The van der Waals surface area contributed by atoms with Crippen LogP contribution in [0.5, 0.6) is 0 Å². The quantitative estimate of drug-likeness (QED) is 0.620. The Labute approximate surface area is 134 Å². The van der Waals surface area contributed by atoms with Gasteiger partial charge in [0, 0.05) is 17.2 Å². The van der Waals surface area contributed by atoms with Gasteiger partial charge in [0.2, 0.25) is 0 Å². The predicted octanol–water partition coefficient (Wildman–Crippen LogP) is 2.68. The van der Waals surface area contributed by atoms with Crippen LogP contribution in [0, 0.1) is 22.7 Å². The molecule has 1 aromatic carbocycles. The van der Waals surface area contributed by atoms with Gasteiger partial charge in [0.25, 0.3) is 0 Å². The summed E-state index contributed by atoms with van der Waals surface area (Å²) in [4.78, 5) is 24.5. The lowest BCUT2D eigenvalue weighted by Gasteiger charge is -2.19. The van der Waals surface area contributed by atoms with Crippen LogP contribution in [0.3, 0.4) is 0 Å². The van der Waals surface area contributed by atoms with Crippen molar-refractivity contribution in [3.05, 3.63) is 28.8 Å². The minimum Gasteiger partial charge on any atom is -0.297 e. The van der Waals surface area contributed by atoms with Gasteiger partial charge in [-0.15, -0.1) is 0 Å². The number of halogens is 1. The summed E-state index contributed by atoms with van der Waals surface area (Å²) in [5.41, 5.74) is -0.895. The molecule has 0 radical (unpaired) electrons. The molecule has 1 rings (SSSR count). The third kappa shape index (κ3) is 3.93. The first-order valence-corrected chi connectivity index (χ1v) is 8.64. The number of ketones is 2. The van der Waals surface area contributed by atoms with E-state index >= 15 is 0 Å². The van der Waals surface area contributed by atoms with E-state index in [2.05, 4.69) is 0 Å². The summed E-state index contributed by atoms with van der Waals surface area (Å²) in [5, 5.41) is 9.03. The Morgan fingerprint density at radius 2 is 1.82 bits per heavy atom. The van der Waals surface area contributed by atoms with Gasteiger partial charge in [0.05, 0.1) is 16.0 Å². The Bertz CT molecular complexity index is 770. The minimum absolute atomic E-state index is 0.0373. The number of benzene rings is 1. The number of nitrogens with zero attached hydrogens (tertiary/aromatic N) is 1. The standard InChI is InChI=1S/C15H16ClNO4S/c1-15(2,3)14(19)11(8-17)13(18)10-6-5-9(7-12(10)16)22(4,20)21/h5-7,11H,1-4H3. The maximum absolute atomic E-state index is 12.4. The largest absolute Gasteiger partial charge is 0.297 e. The van der Waals surface area contributed by atoms with Gasteiger partial charge >= 0.3 is 0 Å². The molecule has 0 fully saturated rings. The molecule has 0 bridgehead atoms. The average Bonchev–Trinajstić information content (AvgIpc) is 2.36. The van der Waals surface area contributed by atoms with Gasteiger partial charge in [-0.2, -0.15) is 5.26 Å². The predicted molar refractivity (Wildman–Crippen MR) is 82.5 cm³/mol. The number of carbonyl (C=O) groups excluding carboxylic acids is 2. The van der Waals surface area contributed by atoms with E-state index in [1.165, 1.54) is 12.1 Å². The molecule has 0 N–H and O–H groups in total. The zero-order valence-electron chi connectivity index (χ0n) is 12.7. The van der Waals surface area contributed by atoms with Crippen molar-refractivity contribution < 1.29 is 18.0 Å². The summed E-state index contributed by atoms with van der Waals surface area (Å²) in [7, 11) is -3.46. The number of carbonyl (C=O) groups is 2. The lowest BCUT2D eigenvalue weighted by Crippen LogP contribution is -2.32. The molecular weight excluding hydrogens is 326 g/mol. The molecule has 0 aliphatic rings. The third-order valence-corrected chi connectivity index (χ3v) is 4.45. The molecule has 0 aromatic heterocycles. The van der Waals surface area contributed by atoms with Gasteiger partial charge < -0.3 is 0 Å². The van der Waals surface area contributed by atoms with Gasteiger partial charge in [0.1, 0.15) is 0 Å². The first-order chi connectivity index (χ1) is 9.89. The zero-order valence-corrected chi connectivity index (χ0v) is 14.2. The van der Waals surface area contributed by atoms with Crippen LogP contribution in [0.15, 0.2) is 23.1 Å². The molecule has 0 saturated carbocycles. The van der Waals surface area contributed by atoms with E-state index in [-0.39, 0.29) is 15.5 Å². The second kappa shape index (κ2) is 6.19. The highest BCUT2D eigenvalue weighted by Crippen LogP contribution is 2.27. The first-order valence-electron chi connectivity index (χ1n) is 6.37. The highest BCUT2D eigenvalue weighted by Gasteiger charge is 2.36. The molecule has 0 spiro atoms. The van der Waals surface area contributed by atoms with Gasteiger partial charge in [0.15, 0.2) is 27.3 Å². The Morgan fingerprint density at radius 3 is 2.18 bits per heavy atom. The number of nitriles is 1. The molecular formula is C15H16ClNO4S.